The summed E-state index contributed by atoms with van der Waals surface area (Å²) in [6.07, 6.45) is 1.96. The minimum absolute atomic E-state index is 0.290. The lowest BCUT2D eigenvalue weighted by molar-refractivity contribution is 0.0600. The highest BCUT2D eigenvalue weighted by atomic mass is 16.5. The SMILES string of the molecule is COC(=O)c1c(-c2ccccc2)cn(C)c1C. The molecule has 3 heteroatoms. The molecular formula is C14H15NO2. The minimum Gasteiger partial charge on any atom is -0.465 e. The maximum absolute atomic E-state index is 11.8. The molecule has 0 atom stereocenters. The first-order chi connectivity index (χ1) is 8.15. The topological polar surface area (TPSA) is 31.2 Å². The molecule has 1 heterocycles. The molecular weight excluding hydrogens is 214 g/mol. The predicted octanol–water partition coefficient (Wildman–Crippen LogP) is 2.79. The molecule has 0 saturated heterocycles. The molecule has 0 unspecified atom stereocenters. The van der Waals surface area contributed by atoms with E-state index in [0.29, 0.717) is 5.56 Å². The minimum atomic E-state index is -0.290. The monoisotopic (exact) mass is 229 g/mol. The molecule has 0 amide bonds. The molecule has 0 bridgehead atoms. The Labute approximate surface area is 101 Å². The highest BCUT2D eigenvalue weighted by molar-refractivity contribution is 5.98. The molecule has 2 rings (SSSR count). The van der Waals surface area contributed by atoms with Crippen molar-refractivity contribution in [2.75, 3.05) is 7.11 Å². The number of esters is 1. The predicted molar refractivity (Wildman–Crippen MR) is 66.9 cm³/mol. The zero-order valence-corrected chi connectivity index (χ0v) is 10.2. The number of benzene rings is 1. The van der Waals surface area contributed by atoms with Crippen molar-refractivity contribution in [3.63, 3.8) is 0 Å². The van der Waals surface area contributed by atoms with Gasteiger partial charge in [-0.05, 0) is 12.5 Å². The summed E-state index contributed by atoms with van der Waals surface area (Å²) in [4.78, 5) is 11.8. The fraction of sp³-hybridized carbons (Fsp3) is 0.214. The van der Waals surface area contributed by atoms with Crippen molar-refractivity contribution in [1.29, 1.82) is 0 Å². The summed E-state index contributed by atoms with van der Waals surface area (Å²) in [7, 11) is 3.33. The fourth-order valence-electron chi connectivity index (χ4n) is 1.92. The van der Waals surface area contributed by atoms with Gasteiger partial charge in [0.15, 0.2) is 0 Å². The zero-order chi connectivity index (χ0) is 12.4. The molecule has 2 aromatic rings. The maximum Gasteiger partial charge on any atom is 0.340 e. The number of methoxy groups -OCH3 is 1. The van der Waals surface area contributed by atoms with Crippen LogP contribution in [0.1, 0.15) is 16.1 Å². The van der Waals surface area contributed by atoms with Gasteiger partial charge in [0.1, 0.15) is 0 Å². The van der Waals surface area contributed by atoms with Crippen LogP contribution in [0.15, 0.2) is 36.5 Å². The number of carbonyl (C=O) groups excluding carboxylic acids is 1. The number of aryl methyl sites for hydroxylation is 1. The van der Waals surface area contributed by atoms with Crippen LogP contribution in [0.5, 0.6) is 0 Å². The highest BCUT2D eigenvalue weighted by Crippen LogP contribution is 2.27. The van der Waals surface area contributed by atoms with Gasteiger partial charge in [-0.2, -0.15) is 0 Å². The van der Waals surface area contributed by atoms with Gasteiger partial charge in [0.05, 0.1) is 12.7 Å². The third kappa shape index (κ3) is 1.96. The molecule has 0 aliphatic rings. The van der Waals surface area contributed by atoms with E-state index in [1.807, 2.05) is 55.1 Å². The van der Waals surface area contributed by atoms with Gasteiger partial charge in [0.25, 0.3) is 0 Å². The van der Waals surface area contributed by atoms with Crippen LogP contribution in [0.25, 0.3) is 11.1 Å². The molecule has 0 aliphatic carbocycles. The molecule has 0 radical (unpaired) electrons. The van der Waals surface area contributed by atoms with Gasteiger partial charge in [0, 0.05) is 24.5 Å². The standard InChI is InChI=1S/C14H15NO2/c1-10-13(14(16)17-3)12(9-15(10)2)11-7-5-4-6-8-11/h4-9H,1-3H3. The fourth-order valence-corrected chi connectivity index (χ4v) is 1.92. The number of aromatic nitrogens is 1. The molecule has 0 saturated carbocycles. The summed E-state index contributed by atoms with van der Waals surface area (Å²) in [5.74, 6) is -0.290. The summed E-state index contributed by atoms with van der Waals surface area (Å²) in [6.45, 7) is 1.92. The average Bonchev–Trinajstić information content (AvgIpc) is 2.66. The largest absolute Gasteiger partial charge is 0.465 e. The molecule has 3 nitrogen and oxygen atoms in total. The molecule has 17 heavy (non-hydrogen) atoms. The van der Waals surface area contributed by atoms with Crippen molar-refractivity contribution >= 4 is 5.97 Å². The molecule has 1 aromatic carbocycles. The number of carbonyl (C=O) groups is 1. The molecule has 0 aliphatic heterocycles. The lowest BCUT2D eigenvalue weighted by Gasteiger charge is -2.03. The van der Waals surface area contributed by atoms with Crippen LogP contribution < -0.4 is 0 Å². The van der Waals surface area contributed by atoms with Gasteiger partial charge in [-0.1, -0.05) is 30.3 Å². The van der Waals surface area contributed by atoms with Crippen LogP contribution >= 0.6 is 0 Å². The number of nitrogens with zero attached hydrogens (tertiary/aromatic N) is 1. The van der Waals surface area contributed by atoms with Crippen molar-refractivity contribution in [1.82, 2.24) is 4.57 Å². The van der Waals surface area contributed by atoms with Crippen LogP contribution in [0.2, 0.25) is 0 Å². The Morgan fingerprint density at radius 3 is 2.47 bits per heavy atom. The second kappa shape index (κ2) is 4.45. The van der Waals surface area contributed by atoms with Crippen LogP contribution in [-0.2, 0) is 11.8 Å². The molecule has 0 N–H and O–H groups in total. The van der Waals surface area contributed by atoms with Gasteiger partial charge < -0.3 is 9.30 Å². The molecule has 0 spiro atoms. The lowest BCUT2D eigenvalue weighted by atomic mass is 10.0. The van der Waals surface area contributed by atoms with Crippen molar-refractivity contribution in [3.8, 4) is 11.1 Å². The summed E-state index contributed by atoms with van der Waals surface area (Å²) in [5.41, 5.74) is 3.49. The second-order valence-corrected chi connectivity index (χ2v) is 3.97. The lowest BCUT2D eigenvalue weighted by Crippen LogP contribution is -2.04. The Morgan fingerprint density at radius 1 is 1.24 bits per heavy atom. The normalized spacial score (nSPS) is 10.3. The zero-order valence-electron chi connectivity index (χ0n) is 10.2. The summed E-state index contributed by atoms with van der Waals surface area (Å²) < 4.78 is 6.78. The number of rotatable bonds is 2. The molecule has 1 aromatic heterocycles. The Bertz CT molecular complexity index is 541. The molecule has 88 valence electrons. The van der Waals surface area contributed by atoms with Gasteiger partial charge in [-0.3, -0.25) is 0 Å². The van der Waals surface area contributed by atoms with E-state index in [-0.39, 0.29) is 5.97 Å². The number of hydrogen-bond donors (Lipinski definition) is 0. The second-order valence-electron chi connectivity index (χ2n) is 3.97. The Kier molecular flexibility index (Phi) is 3.00. The Hall–Kier alpha value is -2.03. The smallest absolute Gasteiger partial charge is 0.340 e. The quantitative estimate of drug-likeness (QED) is 0.741. The summed E-state index contributed by atoms with van der Waals surface area (Å²) >= 11 is 0. The van der Waals surface area contributed by atoms with Crippen LogP contribution in [0.3, 0.4) is 0 Å². The number of hydrogen-bond acceptors (Lipinski definition) is 2. The van der Waals surface area contributed by atoms with Crippen molar-refractivity contribution in [2.24, 2.45) is 7.05 Å². The van der Waals surface area contributed by atoms with Gasteiger partial charge in [-0.15, -0.1) is 0 Å². The first kappa shape index (κ1) is 11.5. The van der Waals surface area contributed by atoms with Gasteiger partial charge in [-0.25, -0.2) is 4.79 Å². The maximum atomic E-state index is 11.8. The van der Waals surface area contributed by atoms with E-state index in [1.165, 1.54) is 7.11 Å². The van der Waals surface area contributed by atoms with E-state index < -0.39 is 0 Å². The Morgan fingerprint density at radius 2 is 1.88 bits per heavy atom. The van der Waals surface area contributed by atoms with Crippen LogP contribution in [0, 0.1) is 6.92 Å². The van der Waals surface area contributed by atoms with Gasteiger partial charge in [0.2, 0.25) is 0 Å². The molecule has 0 fully saturated rings. The summed E-state index contributed by atoms with van der Waals surface area (Å²) in [5, 5.41) is 0. The highest BCUT2D eigenvalue weighted by Gasteiger charge is 2.19. The van der Waals surface area contributed by atoms with Gasteiger partial charge >= 0.3 is 5.97 Å². The first-order valence-corrected chi connectivity index (χ1v) is 5.44. The van der Waals surface area contributed by atoms with E-state index in [9.17, 15) is 4.79 Å². The first-order valence-electron chi connectivity index (χ1n) is 5.44. The number of ether oxygens (including phenoxy) is 1. The average molecular weight is 229 g/mol. The van der Waals surface area contributed by atoms with E-state index in [2.05, 4.69) is 0 Å². The third-order valence-electron chi connectivity index (χ3n) is 2.96. The van der Waals surface area contributed by atoms with Crippen molar-refractivity contribution < 1.29 is 9.53 Å². The van der Waals surface area contributed by atoms with Crippen LogP contribution in [-0.4, -0.2) is 17.6 Å². The van der Waals surface area contributed by atoms with E-state index in [0.717, 1.165) is 16.8 Å². The van der Waals surface area contributed by atoms with Crippen molar-refractivity contribution in [3.05, 3.63) is 47.8 Å². The van der Waals surface area contributed by atoms with Crippen LogP contribution in [0.4, 0.5) is 0 Å². The van der Waals surface area contributed by atoms with E-state index in [4.69, 9.17) is 4.74 Å². The Balaban J connectivity index is 2.62. The summed E-state index contributed by atoms with van der Waals surface area (Å²) in [6, 6.07) is 9.84. The van der Waals surface area contributed by atoms with E-state index >= 15 is 0 Å². The van der Waals surface area contributed by atoms with E-state index in [1.54, 1.807) is 0 Å². The third-order valence-corrected chi connectivity index (χ3v) is 2.96. The van der Waals surface area contributed by atoms with Crippen molar-refractivity contribution in [2.45, 2.75) is 6.92 Å².